The monoisotopic (exact) mass is 241 g/mol. The molecule has 0 aliphatic rings. The second kappa shape index (κ2) is 6.14. The lowest BCUT2D eigenvalue weighted by Crippen LogP contribution is -2.40. The molecule has 0 aliphatic carbocycles. The molecule has 17 heavy (non-hydrogen) atoms. The maximum atomic E-state index is 9.64. The number of aliphatic hydroxyl groups excluding tert-OH is 1. The molecule has 0 spiro atoms. The maximum absolute atomic E-state index is 9.64. The second-order valence-electron chi connectivity index (χ2n) is 4.55. The molecule has 1 atom stereocenters. The van der Waals surface area contributed by atoms with Crippen molar-refractivity contribution in [1.29, 1.82) is 0 Å². The minimum atomic E-state index is -1.06. The number of nitrogens with one attached hydrogen (secondary N) is 1. The van der Waals surface area contributed by atoms with E-state index in [0.717, 1.165) is 24.4 Å². The summed E-state index contributed by atoms with van der Waals surface area (Å²) < 4.78 is 1.96. The van der Waals surface area contributed by atoms with Crippen LogP contribution in [-0.2, 0) is 19.5 Å². The van der Waals surface area contributed by atoms with Crippen LogP contribution in [0.15, 0.2) is 6.07 Å². The lowest BCUT2D eigenvalue weighted by molar-refractivity contribution is 0.00243. The first-order valence-electron chi connectivity index (χ1n) is 6.12. The number of nitrogens with zero attached hydrogens (tertiary/aromatic N) is 2. The summed E-state index contributed by atoms with van der Waals surface area (Å²) in [6.45, 7) is 7.35. The van der Waals surface area contributed by atoms with Gasteiger partial charge in [0.2, 0.25) is 0 Å². The average Bonchev–Trinajstić information content (AvgIpc) is 2.71. The Labute approximate surface area is 102 Å². The molecule has 1 rings (SSSR count). The molecule has 0 saturated carbocycles. The van der Waals surface area contributed by atoms with Gasteiger partial charge in [0.25, 0.3) is 0 Å². The third-order valence-corrected chi connectivity index (χ3v) is 2.73. The molecule has 1 aromatic heterocycles. The highest BCUT2D eigenvalue weighted by Gasteiger charge is 2.18. The second-order valence-corrected chi connectivity index (χ2v) is 4.55. The van der Waals surface area contributed by atoms with Gasteiger partial charge >= 0.3 is 0 Å². The third kappa shape index (κ3) is 4.11. The Hall–Kier alpha value is -0.910. The van der Waals surface area contributed by atoms with Crippen molar-refractivity contribution in [3.63, 3.8) is 0 Å². The highest BCUT2D eigenvalue weighted by molar-refractivity contribution is 5.10. The maximum Gasteiger partial charge on any atom is 0.0972 e. The largest absolute Gasteiger partial charge is 0.393 e. The first kappa shape index (κ1) is 14.2. The van der Waals surface area contributed by atoms with Crippen LogP contribution in [0.2, 0.25) is 0 Å². The zero-order valence-corrected chi connectivity index (χ0v) is 10.9. The summed E-state index contributed by atoms with van der Waals surface area (Å²) >= 11 is 0. The van der Waals surface area contributed by atoms with Crippen LogP contribution >= 0.6 is 0 Å². The van der Waals surface area contributed by atoms with E-state index in [0.29, 0.717) is 13.1 Å². The van der Waals surface area contributed by atoms with Crippen LogP contribution < -0.4 is 5.32 Å². The highest BCUT2D eigenvalue weighted by Crippen LogP contribution is 2.06. The highest BCUT2D eigenvalue weighted by atomic mass is 16.3. The zero-order chi connectivity index (χ0) is 12.9. The van der Waals surface area contributed by atoms with E-state index in [1.54, 1.807) is 6.92 Å². The van der Waals surface area contributed by atoms with Crippen molar-refractivity contribution in [2.24, 2.45) is 0 Å². The van der Waals surface area contributed by atoms with Crippen molar-refractivity contribution in [3.8, 4) is 0 Å². The van der Waals surface area contributed by atoms with Gasteiger partial charge in [0.15, 0.2) is 0 Å². The SMILES string of the molecule is CCc1cc(CNCC(C)(O)CO)n(CC)n1. The first-order valence-corrected chi connectivity index (χ1v) is 6.12. The van der Waals surface area contributed by atoms with E-state index >= 15 is 0 Å². The summed E-state index contributed by atoms with van der Waals surface area (Å²) in [4.78, 5) is 0. The van der Waals surface area contributed by atoms with Gasteiger partial charge in [-0.2, -0.15) is 5.10 Å². The van der Waals surface area contributed by atoms with Crippen LogP contribution in [0.25, 0.3) is 0 Å². The smallest absolute Gasteiger partial charge is 0.0972 e. The summed E-state index contributed by atoms with van der Waals surface area (Å²) in [7, 11) is 0. The average molecular weight is 241 g/mol. The van der Waals surface area contributed by atoms with Gasteiger partial charge in [-0.05, 0) is 26.3 Å². The van der Waals surface area contributed by atoms with E-state index in [-0.39, 0.29) is 6.61 Å². The Morgan fingerprint density at radius 1 is 1.47 bits per heavy atom. The number of rotatable bonds is 7. The molecule has 3 N–H and O–H groups in total. The molecule has 5 heteroatoms. The normalized spacial score (nSPS) is 14.9. The molecule has 0 radical (unpaired) electrons. The Bertz CT molecular complexity index is 348. The van der Waals surface area contributed by atoms with E-state index in [1.165, 1.54) is 0 Å². The standard InChI is InChI=1S/C12H23N3O2/c1-4-10-6-11(15(5-2)14-10)7-13-8-12(3,17)9-16/h6,13,16-17H,4-5,7-9H2,1-3H3. The van der Waals surface area contributed by atoms with E-state index < -0.39 is 5.60 Å². The molecular weight excluding hydrogens is 218 g/mol. The molecule has 0 saturated heterocycles. The molecule has 1 heterocycles. The number of aliphatic hydroxyl groups is 2. The number of aromatic nitrogens is 2. The Morgan fingerprint density at radius 3 is 2.71 bits per heavy atom. The molecule has 0 bridgehead atoms. The van der Waals surface area contributed by atoms with Crippen molar-refractivity contribution < 1.29 is 10.2 Å². The predicted octanol–water partition coefficient (Wildman–Crippen LogP) is 0.298. The van der Waals surface area contributed by atoms with Gasteiger partial charge < -0.3 is 15.5 Å². The van der Waals surface area contributed by atoms with Crippen LogP contribution in [-0.4, -0.2) is 38.7 Å². The number of hydrogen-bond donors (Lipinski definition) is 3. The van der Waals surface area contributed by atoms with Crippen molar-refractivity contribution in [2.45, 2.75) is 45.9 Å². The Balaban J connectivity index is 2.54. The van der Waals surface area contributed by atoms with E-state index in [4.69, 9.17) is 5.11 Å². The van der Waals surface area contributed by atoms with Gasteiger partial charge in [0.1, 0.15) is 0 Å². The molecular formula is C12H23N3O2. The summed E-state index contributed by atoms with van der Waals surface area (Å²) in [5.74, 6) is 0. The summed E-state index contributed by atoms with van der Waals surface area (Å²) in [6, 6.07) is 2.07. The van der Waals surface area contributed by atoms with Crippen LogP contribution in [0, 0.1) is 0 Å². The van der Waals surface area contributed by atoms with Crippen molar-refractivity contribution in [1.82, 2.24) is 15.1 Å². The molecule has 0 amide bonds. The van der Waals surface area contributed by atoms with Crippen molar-refractivity contribution >= 4 is 0 Å². The number of hydrogen-bond acceptors (Lipinski definition) is 4. The molecule has 0 aliphatic heterocycles. The fourth-order valence-corrected chi connectivity index (χ4v) is 1.62. The molecule has 0 aromatic carbocycles. The van der Waals surface area contributed by atoms with Gasteiger partial charge in [-0.25, -0.2) is 0 Å². The molecule has 1 aromatic rings. The van der Waals surface area contributed by atoms with Gasteiger partial charge in [-0.1, -0.05) is 6.92 Å². The van der Waals surface area contributed by atoms with Crippen LogP contribution in [0.3, 0.4) is 0 Å². The molecule has 1 unspecified atom stereocenters. The topological polar surface area (TPSA) is 70.3 Å². The lowest BCUT2D eigenvalue weighted by atomic mass is 10.1. The minimum Gasteiger partial charge on any atom is -0.393 e. The molecule has 0 fully saturated rings. The summed E-state index contributed by atoms with van der Waals surface area (Å²) in [6.07, 6.45) is 0.925. The van der Waals surface area contributed by atoms with Gasteiger partial charge in [-0.15, -0.1) is 0 Å². The van der Waals surface area contributed by atoms with Crippen molar-refractivity contribution in [3.05, 3.63) is 17.5 Å². The Morgan fingerprint density at radius 2 is 2.18 bits per heavy atom. The fraction of sp³-hybridized carbons (Fsp3) is 0.750. The fourth-order valence-electron chi connectivity index (χ4n) is 1.62. The summed E-state index contributed by atoms with van der Waals surface area (Å²) in [5, 5.41) is 26.2. The summed E-state index contributed by atoms with van der Waals surface area (Å²) in [5.41, 5.74) is 1.13. The zero-order valence-electron chi connectivity index (χ0n) is 10.9. The third-order valence-electron chi connectivity index (χ3n) is 2.73. The van der Waals surface area contributed by atoms with Crippen LogP contribution in [0.4, 0.5) is 0 Å². The van der Waals surface area contributed by atoms with E-state index in [9.17, 15) is 5.11 Å². The predicted molar refractivity (Wildman–Crippen MR) is 66.7 cm³/mol. The molecule has 98 valence electrons. The van der Waals surface area contributed by atoms with Gasteiger partial charge in [0, 0.05) is 19.6 Å². The van der Waals surface area contributed by atoms with Crippen LogP contribution in [0.1, 0.15) is 32.2 Å². The van der Waals surface area contributed by atoms with E-state index in [1.807, 2.05) is 4.68 Å². The quantitative estimate of drug-likeness (QED) is 0.642. The first-order chi connectivity index (χ1) is 8.02. The minimum absolute atomic E-state index is 0.243. The number of aryl methyl sites for hydroxylation is 2. The van der Waals surface area contributed by atoms with Crippen LogP contribution in [0.5, 0.6) is 0 Å². The molecule has 5 nitrogen and oxygen atoms in total. The van der Waals surface area contributed by atoms with Gasteiger partial charge in [0.05, 0.1) is 23.6 Å². The van der Waals surface area contributed by atoms with E-state index in [2.05, 4.69) is 30.3 Å². The van der Waals surface area contributed by atoms with Crippen molar-refractivity contribution in [2.75, 3.05) is 13.2 Å². The Kier molecular flexibility index (Phi) is 5.11. The van der Waals surface area contributed by atoms with Gasteiger partial charge in [-0.3, -0.25) is 4.68 Å². The lowest BCUT2D eigenvalue weighted by Gasteiger charge is -2.20.